The monoisotopic (exact) mass is 517 g/mol. The Morgan fingerprint density at radius 3 is 2.68 bits per heavy atom. The quantitative estimate of drug-likeness (QED) is 0.344. The Balaban J connectivity index is 1.24. The summed E-state index contributed by atoms with van der Waals surface area (Å²) in [6.07, 6.45) is 3.04. The number of anilines is 1. The third-order valence-corrected chi connectivity index (χ3v) is 7.20. The van der Waals surface area contributed by atoms with Gasteiger partial charge in [-0.15, -0.1) is 0 Å². The van der Waals surface area contributed by atoms with Crippen molar-refractivity contribution < 1.29 is 28.5 Å². The minimum atomic E-state index is -0.336. The zero-order valence-corrected chi connectivity index (χ0v) is 21.6. The van der Waals surface area contributed by atoms with Crippen molar-refractivity contribution in [2.24, 2.45) is 0 Å². The summed E-state index contributed by atoms with van der Waals surface area (Å²) < 4.78 is 17.7. The maximum absolute atomic E-state index is 13.4. The molecule has 1 saturated heterocycles. The average molecular weight is 518 g/mol. The fraction of sp³-hybridized carbons (Fsp3) is 0.345. The first-order chi connectivity index (χ1) is 18.5. The van der Waals surface area contributed by atoms with Crippen molar-refractivity contribution in [3.8, 4) is 11.5 Å². The number of para-hydroxylation sites is 1. The second-order valence-electron chi connectivity index (χ2n) is 9.39. The fourth-order valence-corrected chi connectivity index (χ4v) is 5.20. The maximum Gasteiger partial charge on any atom is 0.414 e. The number of carbonyl (C=O) groups excluding carboxylic acids is 2. The molecule has 2 aliphatic rings. The van der Waals surface area contributed by atoms with Gasteiger partial charge in [0.15, 0.2) is 11.9 Å². The first-order valence-electron chi connectivity index (χ1n) is 12.8. The van der Waals surface area contributed by atoms with Gasteiger partial charge in [0.25, 0.3) is 5.91 Å². The summed E-state index contributed by atoms with van der Waals surface area (Å²) in [6.45, 7) is 3.47. The van der Waals surface area contributed by atoms with Crippen LogP contribution in [0.25, 0.3) is 0 Å². The predicted molar refractivity (Wildman–Crippen MR) is 140 cm³/mol. The highest BCUT2D eigenvalue weighted by atomic mass is 16.6. The molecule has 0 N–H and O–H groups in total. The van der Waals surface area contributed by atoms with Crippen molar-refractivity contribution in [3.05, 3.63) is 88.4 Å². The van der Waals surface area contributed by atoms with Crippen LogP contribution in [0.4, 0.5) is 10.5 Å². The highest BCUT2D eigenvalue weighted by Gasteiger charge is 2.35. The molecule has 9 nitrogen and oxygen atoms in total. The maximum atomic E-state index is 13.4. The van der Waals surface area contributed by atoms with Gasteiger partial charge in [-0.05, 0) is 37.1 Å². The number of benzene rings is 2. The molecule has 3 heterocycles. The van der Waals surface area contributed by atoms with Crippen LogP contribution in [0.3, 0.4) is 0 Å². The first kappa shape index (κ1) is 25.4. The number of hydrogen-bond donors (Lipinski definition) is 0. The second-order valence-corrected chi connectivity index (χ2v) is 9.39. The van der Waals surface area contributed by atoms with E-state index in [1.807, 2.05) is 37.3 Å². The minimum Gasteiger partial charge on any atom is -0.618 e. The number of aromatic nitrogens is 1. The molecule has 2 amide bonds. The number of rotatable bonds is 7. The number of nitrogens with zero attached hydrogens (tertiary/aromatic N) is 3. The van der Waals surface area contributed by atoms with Gasteiger partial charge >= 0.3 is 6.09 Å². The molecule has 1 aromatic heterocycles. The molecule has 2 aromatic carbocycles. The fourth-order valence-electron chi connectivity index (χ4n) is 5.20. The summed E-state index contributed by atoms with van der Waals surface area (Å²) in [4.78, 5) is 29.5. The second kappa shape index (κ2) is 11.0. The van der Waals surface area contributed by atoms with E-state index in [9.17, 15) is 14.8 Å². The molecule has 3 aromatic rings. The van der Waals surface area contributed by atoms with Gasteiger partial charge in [0, 0.05) is 43.2 Å². The molecule has 0 bridgehead atoms. The van der Waals surface area contributed by atoms with E-state index in [1.54, 1.807) is 34.1 Å². The lowest BCUT2D eigenvalue weighted by Gasteiger charge is -2.40. The largest absolute Gasteiger partial charge is 0.618 e. The van der Waals surface area contributed by atoms with Gasteiger partial charge in [0.05, 0.1) is 23.9 Å². The lowest BCUT2D eigenvalue weighted by atomic mass is 10.00. The van der Waals surface area contributed by atoms with E-state index in [-0.39, 0.29) is 31.3 Å². The van der Waals surface area contributed by atoms with Crippen LogP contribution in [0.1, 0.15) is 46.9 Å². The van der Waals surface area contributed by atoms with Crippen LogP contribution in [0.2, 0.25) is 0 Å². The number of methoxy groups -OCH3 is 1. The van der Waals surface area contributed by atoms with Crippen molar-refractivity contribution in [2.75, 3.05) is 25.1 Å². The van der Waals surface area contributed by atoms with Gasteiger partial charge in [-0.3, -0.25) is 9.69 Å². The Labute approximate surface area is 221 Å². The lowest BCUT2D eigenvalue weighted by molar-refractivity contribution is -0.614. The smallest absolute Gasteiger partial charge is 0.414 e. The Morgan fingerprint density at radius 1 is 1.13 bits per heavy atom. The molecule has 198 valence electrons. The van der Waals surface area contributed by atoms with E-state index in [2.05, 4.69) is 0 Å². The normalized spacial score (nSPS) is 15.6. The number of carbonyl (C=O) groups is 2. The predicted octanol–water partition coefficient (Wildman–Crippen LogP) is 4.23. The zero-order valence-electron chi connectivity index (χ0n) is 21.6. The van der Waals surface area contributed by atoms with E-state index in [0.29, 0.717) is 55.1 Å². The number of hydrogen-bond acceptors (Lipinski definition) is 6. The third kappa shape index (κ3) is 4.96. The topological polar surface area (TPSA) is 95.2 Å². The van der Waals surface area contributed by atoms with Crippen molar-refractivity contribution >= 4 is 17.7 Å². The molecule has 0 unspecified atom stereocenters. The summed E-state index contributed by atoms with van der Waals surface area (Å²) in [5.74, 6) is 0.839. The SMILES string of the molecule is CCc1c(COc2ccc(C(=O)N3CCC(N4C(=O)OCc5ccccc54)CC3)c(OC)c2)ccc[n+]1[O-]. The van der Waals surface area contributed by atoms with Crippen LogP contribution in [-0.4, -0.2) is 43.1 Å². The molecular weight excluding hydrogens is 486 g/mol. The number of ether oxygens (including phenoxy) is 3. The summed E-state index contributed by atoms with van der Waals surface area (Å²) in [5, 5.41) is 12.0. The van der Waals surface area contributed by atoms with Gasteiger partial charge in [-0.2, -0.15) is 4.73 Å². The Kier molecular flexibility index (Phi) is 7.35. The van der Waals surface area contributed by atoms with Gasteiger partial charge in [0.1, 0.15) is 24.7 Å². The number of amides is 2. The lowest BCUT2D eigenvalue weighted by Crippen LogP contribution is -2.50. The summed E-state index contributed by atoms with van der Waals surface area (Å²) >= 11 is 0. The Hall–Kier alpha value is -4.27. The average Bonchev–Trinajstić information content (AvgIpc) is 2.95. The van der Waals surface area contributed by atoms with Crippen molar-refractivity contribution in [1.29, 1.82) is 0 Å². The van der Waals surface area contributed by atoms with Gasteiger partial charge in [-0.1, -0.05) is 25.1 Å². The Bertz CT molecular complexity index is 1340. The Morgan fingerprint density at radius 2 is 1.92 bits per heavy atom. The van der Waals surface area contributed by atoms with Crippen LogP contribution in [0.5, 0.6) is 11.5 Å². The minimum absolute atomic E-state index is 0.0375. The number of likely N-dealkylation sites (tertiary alicyclic amines) is 1. The molecule has 1 fully saturated rings. The van der Waals surface area contributed by atoms with E-state index in [1.165, 1.54) is 13.3 Å². The number of pyridine rings is 1. The number of cyclic esters (lactones) is 1. The summed E-state index contributed by atoms with van der Waals surface area (Å²) in [6, 6.07) is 16.4. The van der Waals surface area contributed by atoms with Crippen LogP contribution in [-0.2, 0) is 24.4 Å². The van der Waals surface area contributed by atoms with Gasteiger partial charge in [0.2, 0.25) is 0 Å². The summed E-state index contributed by atoms with van der Waals surface area (Å²) in [7, 11) is 1.52. The van der Waals surface area contributed by atoms with Crippen molar-refractivity contribution in [2.45, 2.75) is 45.4 Å². The van der Waals surface area contributed by atoms with Crippen molar-refractivity contribution in [3.63, 3.8) is 0 Å². The molecule has 5 rings (SSSR count). The first-order valence-corrected chi connectivity index (χ1v) is 12.8. The molecule has 0 aliphatic carbocycles. The van der Waals surface area contributed by atoms with Crippen LogP contribution in [0, 0.1) is 5.21 Å². The molecule has 0 atom stereocenters. The van der Waals surface area contributed by atoms with E-state index < -0.39 is 0 Å². The van der Waals surface area contributed by atoms with Crippen LogP contribution < -0.4 is 19.1 Å². The van der Waals surface area contributed by atoms with Crippen LogP contribution >= 0.6 is 0 Å². The van der Waals surface area contributed by atoms with E-state index in [0.717, 1.165) is 21.5 Å². The molecular formula is C29H31N3O6. The molecule has 2 aliphatic heterocycles. The third-order valence-electron chi connectivity index (χ3n) is 7.20. The zero-order chi connectivity index (χ0) is 26.6. The van der Waals surface area contributed by atoms with E-state index in [4.69, 9.17) is 14.2 Å². The molecule has 0 saturated carbocycles. The molecule has 9 heteroatoms. The molecule has 38 heavy (non-hydrogen) atoms. The highest BCUT2D eigenvalue weighted by molar-refractivity contribution is 5.97. The summed E-state index contributed by atoms with van der Waals surface area (Å²) in [5.41, 5.74) is 3.80. The van der Waals surface area contributed by atoms with Crippen molar-refractivity contribution in [1.82, 2.24) is 4.90 Å². The molecule has 0 spiro atoms. The number of piperidine rings is 1. The standard InChI is InChI=1S/C29H31N3O6/c1-3-25-20(8-6-14-31(25)35)18-37-23-10-11-24(27(17-23)36-2)28(33)30-15-12-22(13-16-30)32-26-9-5-4-7-21(26)19-38-29(32)34/h4-11,14,17,22H,3,12-13,15-16,18-19H2,1-2H3. The van der Waals surface area contributed by atoms with Gasteiger partial charge in [-0.25, -0.2) is 4.79 Å². The molecule has 0 radical (unpaired) electrons. The van der Waals surface area contributed by atoms with Crippen LogP contribution in [0.15, 0.2) is 60.8 Å². The number of fused-ring (bicyclic) bond motifs is 1. The van der Waals surface area contributed by atoms with E-state index >= 15 is 0 Å². The highest BCUT2D eigenvalue weighted by Crippen LogP contribution is 2.33. The van der Waals surface area contributed by atoms with Gasteiger partial charge < -0.3 is 24.3 Å².